The summed E-state index contributed by atoms with van der Waals surface area (Å²) in [5.74, 6) is -0.146. The van der Waals surface area contributed by atoms with Gasteiger partial charge in [-0.05, 0) is 36.5 Å². The largest absolute Gasteiger partial charge is 0.349 e. The van der Waals surface area contributed by atoms with E-state index in [4.69, 9.17) is 11.6 Å². The Hall–Kier alpha value is -1.87. The van der Waals surface area contributed by atoms with E-state index in [1.807, 2.05) is 6.07 Å². The normalized spacial score (nSPS) is 17.4. The fourth-order valence-corrected chi connectivity index (χ4v) is 2.82. The zero-order chi connectivity index (χ0) is 13.9. The molecule has 1 unspecified atom stereocenters. The fraction of sp³-hybridized carbons (Fsp3) is 0.250. The quantitative estimate of drug-likeness (QED) is 0.922. The molecular formula is C16H15ClN2O. The van der Waals surface area contributed by atoms with Crippen molar-refractivity contribution in [2.75, 3.05) is 0 Å². The summed E-state index contributed by atoms with van der Waals surface area (Å²) in [5, 5.41) is 3.49. The van der Waals surface area contributed by atoms with Crippen LogP contribution >= 0.6 is 11.6 Å². The van der Waals surface area contributed by atoms with Gasteiger partial charge in [0.25, 0.3) is 5.91 Å². The lowest BCUT2D eigenvalue weighted by Gasteiger charge is -2.25. The number of pyridine rings is 1. The summed E-state index contributed by atoms with van der Waals surface area (Å²) < 4.78 is 0. The lowest BCUT2D eigenvalue weighted by Crippen LogP contribution is -2.39. The van der Waals surface area contributed by atoms with E-state index in [1.165, 1.54) is 17.3 Å². The molecule has 2 aromatic rings. The van der Waals surface area contributed by atoms with Crippen LogP contribution in [0.2, 0.25) is 5.02 Å². The first-order valence-corrected chi connectivity index (χ1v) is 7.09. The van der Waals surface area contributed by atoms with Crippen molar-refractivity contribution in [1.82, 2.24) is 10.3 Å². The van der Waals surface area contributed by atoms with E-state index in [0.29, 0.717) is 10.6 Å². The molecule has 0 fully saturated rings. The Morgan fingerprint density at radius 1 is 1.25 bits per heavy atom. The number of aryl methyl sites for hydroxylation is 1. The van der Waals surface area contributed by atoms with E-state index < -0.39 is 0 Å². The van der Waals surface area contributed by atoms with E-state index in [0.717, 1.165) is 19.3 Å². The maximum atomic E-state index is 12.2. The lowest BCUT2D eigenvalue weighted by atomic mass is 9.88. The molecule has 20 heavy (non-hydrogen) atoms. The van der Waals surface area contributed by atoms with Crippen LogP contribution in [-0.4, -0.2) is 16.9 Å². The van der Waals surface area contributed by atoms with Crippen molar-refractivity contribution >= 4 is 17.5 Å². The Morgan fingerprint density at radius 3 is 2.85 bits per heavy atom. The number of nitrogens with one attached hydrogen (secondary N) is 1. The molecule has 1 atom stereocenters. The third kappa shape index (κ3) is 2.68. The number of hydrogen-bond donors (Lipinski definition) is 1. The van der Waals surface area contributed by atoms with Crippen molar-refractivity contribution < 1.29 is 4.79 Å². The van der Waals surface area contributed by atoms with E-state index >= 15 is 0 Å². The van der Waals surface area contributed by atoms with Gasteiger partial charge in [-0.3, -0.25) is 9.78 Å². The van der Waals surface area contributed by atoms with Gasteiger partial charge in [-0.25, -0.2) is 0 Å². The number of amides is 1. The van der Waals surface area contributed by atoms with Gasteiger partial charge >= 0.3 is 0 Å². The van der Waals surface area contributed by atoms with Crippen LogP contribution in [0.25, 0.3) is 0 Å². The minimum absolute atomic E-state index is 0.146. The molecule has 1 aromatic heterocycles. The summed E-state index contributed by atoms with van der Waals surface area (Å²) in [7, 11) is 0. The molecule has 1 N–H and O–H groups in total. The third-order valence-corrected chi connectivity index (χ3v) is 4.02. The summed E-state index contributed by atoms with van der Waals surface area (Å²) in [4.78, 5) is 16.2. The first kappa shape index (κ1) is 13.1. The second-order valence-electron chi connectivity index (χ2n) is 5.04. The zero-order valence-electron chi connectivity index (χ0n) is 11.0. The third-order valence-electron chi connectivity index (χ3n) is 3.69. The van der Waals surface area contributed by atoms with Gasteiger partial charge < -0.3 is 5.32 Å². The molecule has 1 aliphatic rings. The summed E-state index contributed by atoms with van der Waals surface area (Å²) >= 11 is 6.02. The van der Waals surface area contributed by atoms with Crippen molar-refractivity contribution in [2.24, 2.45) is 0 Å². The smallest absolute Gasteiger partial charge is 0.254 e. The zero-order valence-corrected chi connectivity index (χ0v) is 11.7. The standard InChI is InChI=1S/C16H15ClN2O/c17-15-7-8-18-10-14(15)16(20)19-13-6-5-11-3-1-2-4-12(11)9-13/h1-4,7-8,10,13H,5-6,9H2,(H,19,20). The van der Waals surface area contributed by atoms with Crippen molar-refractivity contribution in [3.05, 3.63) is 64.4 Å². The second kappa shape index (κ2) is 5.63. The van der Waals surface area contributed by atoms with Crippen LogP contribution in [0.4, 0.5) is 0 Å². The molecule has 3 rings (SSSR count). The Bertz CT molecular complexity index is 642. The highest BCUT2D eigenvalue weighted by atomic mass is 35.5. The van der Waals surface area contributed by atoms with Gasteiger partial charge in [-0.15, -0.1) is 0 Å². The summed E-state index contributed by atoms with van der Waals surface area (Å²) in [6.45, 7) is 0. The molecule has 0 bridgehead atoms. The molecule has 0 saturated carbocycles. The molecule has 0 aliphatic heterocycles. The molecule has 1 aromatic carbocycles. The number of carbonyl (C=O) groups is 1. The SMILES string of the molecule is O=C(NC1CCc2ccccc2C1)c1cnccc1Cl. The topological polar surface area (TPSA) is 42.0 Å². The van der Waals surface area contributed by atoms with Crippen molar-refractivity contribution in [1.29, 1.82) is 0 Å². The van der Waals surface area contributed by atoms with Crippen molar-refractivity contribution in [3.63, 3.8) is 0 Å². The van der Waals surface area contributed by atoms with Gasteiger partial charge in [-0.2, -0.15) is 0 Å². The number of aromatic nitrogens is 1. The molecular weight excluding hydrogens is 272 g/mol. The first-order valence-electron chi connectivity index (χ1n) is 6.71. The first-order chi connectivity index (χ1) is 9.74. The molecule has 102 valence electrons. The molecule has 1 heterocycles. The Balaban J connectivity index is 1.71. The predicted octanol–water partition coefficient (Wildman–Crippen LogP) is 3.02. The lowest BCUT2D eigenvalue weighted by molar-refractivity contribution is 0.0933. The van der Waals surface area contributed by atoms with E-state index in [1.54, 1.807) is 12.3 Å². The Kier molecular flexibility index (Phi) is 3.70. The monoisotopic (exact) mass is 286 g/mol. The minimum Gasteiger partial charge on any atom is -0.349 e. The minimum atomic E-state index is -0.146. The van der Waals surface area contributed by atoms with Crippen LogP contribution in [0.3, 0.4) is 0 Å². The van der Waals surface area contributed by atoms with Crippen LogP contribution in [0.1, 0.15) is 27.9 Å². The number of carbonyl (C=O) groups excluding carboxylic acids is 1. The maximum Gasteiger partial charge on any atom is 0.254 e. The van der Waals surface area contributed by atoms with Crippen LogP contribution in [0.15, 0.2) is 42.7 Å². The Labute approximate surface area is 123 Å². The Morgan fingerprint density at radius 2 is 2.05 bits per heavy atom. The molecule has 0 saturated heterocycles. The van der Waals surface area contributed by atoms with Crippen LogP contribution in [0.5, 0.6) is 0 Å². The highest BCUT2D eigenvalue weighted by Gasteiger charge is 2.21. The molecule has 1 aliphatic carbocycles. The summed E-state index contributed by atoms with van der Waals surface area (Å²) in [6, 6.07) is 10.2. The summed E-state index contributed by atoms with van der Waals surface area (Å²) in [5.41, 5.74) is 3.15. The molecule has 3 nitrogen and oxygen atoms in total. The number of fused-ring (bicyclic) bond motifs is 1. The van der Waals surface area contributed by atoms with E-state index in [9.17, 15) is 4.79 Å². The van der Waals surface area contributed by atoms with Crippen molar-refractivity contribution in [3.8, 4) is 0 Å². The van der Waals surface area contributed by atoms with Crippen LogP contribution < -0.4 is 5.32 Å². The number of rotatable bonds is 2. The molecule has 0 radical (unpaired) electrons. The van der Waals surface area contributed by atoms with Crippen molar-refractivity contribution in [2.45, 2.75) is 25.3 Å². The number of benzene rings is 1. The van der Waals surface area contributed by atoms with Gasteiger partial charge in [0.2, 0.25) is 0 Å². The highest BCUT2D eigenvalue weighted by molar-refractivity contribution is 6.33. The molecule has 0 spiro atoms. The molecule has 4 heteroatoms. The number of nitrogens with zero attached hydrogens (tertiary/aromatic N) is 1. The highest BCUT2D eigenvalue weighted by Crippen LogP contribution is 2.22. The van der Waals surface area contributed by atoms with Gasteiger partial charge in [0.1, 0.15) is 0 Å². The number of hydrogen-bond acceptors (Lipinski definition) is 2. The summed E-state index contributed by atoms with van der Waals surface area (Å²) in [6.07, 6.45) is 5.92. The maximum absolute atomic E-state index is 12.2. The fourth-order valence-electron chi connectivity index (χ4n) is 2.63. The van der Waals surface area contributed by atoms with Gasteiger partial charge in [0, 0.05) is 18.4 Å². The second-order valence-corrected chi connectivity index (χ2v) is 5.44. The number of halogens is 1. The predicted molar refractivity (Wildman–Crippen MR) is 79.0 cm³/mol. The van der Waals surface area contributed by atoms with Gasteiger partial charge in [0.05, 0.1) is 10.6 Å². The van der Waals surface area contributed by atoms with Crippen LogP contribution in [0, 0.1) is 0 Å². The van der Waals surface area contributed by atoms with Gasteiger partial charge in [0.15, 0.2) is 0 Å². The molecule has 1 amide bonds. The average molecular weight is 287 g/mol. The van der Waals surface area contributed by atoms with E-state index in [-0.39, 0.29) is 11.9 Å². The van der Waals surface area contributed by atoms with E-state index in [2.05, 4.69) is 28.5 Å². The van der Waals surface area contributed by atoms with Crippen LogP contribution in [-0.2, 0) is 12.8 Å². The van der Waals surface area contributed by atoms with Gasteiger partial charge in [-0.1, -0.05) is 35.9 Å². The average Bonchev–Trinajstić information content (AvgIpc) is 2.47.